The fourth-order valence-electron chi connectivity index (χ4n) is 1.72. The van der Waals surface area contributed by atoms with Crippen molar-refractivity contribution in [2.75, 3.05) is 13.7 Å². The van der Waals surface area contributed by atoms with E-state index in [1.165, 1.54) is 12.8 Å². The molecule has 1 aromatic rings. The molecule has 0 saturated heterocycles. The molecule has 0 spiro atoms. The minimum atomic E-state index is 0.0241. The first-order valence-electron chi connectivity index (χ1n) is 6.47. The third-order valence-electron chi connectivity index (χ3n) is 3.11. The van der Waals surface area contributed by atoms with Crippen molar-refractivity contribution in [1.82, 2.24) is 5.32 Å². The van der Waals surface area contributed by atoms with Gasteiger partial charge in [0.05, 0.1) is 11.1 Å². The Morgan fingerprint density at radius 3 is 2.74 bits per heavy atom. The first kappa shape index (κ1) is 14.9. The van der Waals surface area contributed by atoms with Crippen LogP contribution in [-0.2, 0) is 11.3 Å². The van der Waals surface area contributed by atoms with E-state index in [1.54, 1.807) is 13.2 Å². The molecule has 1 saturated carbocycles. The van der Waals surface area contributed by atoms with Crippen LogP contribution in [0.5, 0.6) is 5.75 Å². The summed E-state index contributed by atoms with van der Waals surface area (Å²) < 4.78 is 10.9. The Labute approximate surface area is 124 Å². The van der Waals surface area contributed by atoms with Crippen LogP contribution in [0.1, 0.15) is 25.3 Å². The minimum Gasteiger partial charge on any atom is -0.489 e. The number of benzene rings is 1. The van der Waals surface area contributed by atoms with Crippen molar-refractivity contribution >= 4 is 23.2 Å². The number of hydrogen-bond acceptors (Lipinski definition) is 3. The van der Waals surface area contributed by atoms with E-state index in [4.69, 9.17) is 32.7 Å². The number of nitrogens with one attached hydrogen (secondary N) is 1. The Morgan fingerprint density at radius 2 is 2.11 bits per heavy atom. The fourth-order valence-corrected chi connectivity index (χ4v) is 2.31. The first-order chi connectivity index (χ1) is 9.10. The lowest BCUT2D eigenvalue weighted by Gasteiger charge is -2.16. The second-order valence-corrected chi connectivity index (χ2v) is 5.73. The number of hydrogen-bond donors (Lipinski definition) is 1. The predicted octanol–water partition coefficient (Wildman–Crippen LogP) is 3.66. The van der Waals surface area contributed by atoms with Gasteiger partial charge in [0.15, 0.2) is 0 Å². The van der Waals surface area contributed by atoms with Crippen molar-refractivity contribution < 1.29 is 9.47 Å². The van der Waals surface area contributed by atoms with E-state index in [2.05, 4.69) is 5.32 Å². The zero-order valence-corrected chi connectivity index (χ0v) is 12.7. The summed E-state index contributed by atoms with van der Waals surface area (Å²) in [6, 6.07) is 4.23. The predicted molar refractivity (Wildman–Crippen MR) is 78.3 cm³/mol. The molecule has 1 N–H and O–H groups in total. The highest BCUT2D eigenvalue weighted by atomic mass is 35.5. The zero-order valence-electron chi connectivity index (χ0n) is 11.2. The van der Waals surface area contributed by atoms with Gasteiger partial charge in [0.25, 0.3) is 0 Å². The van der Waals surface area contributed by atoms with Crippen LogP contribution in [0.25, 0.3) is 0 Å². The van der Waals surface area contributed by atoms with E-state index in [-0.39, 0.29) is 6.10 Å². The summed E-state index contributed by atoms with van der Waals surface area (Å²) in [5.74, 6) is 0.697. The van der Waals surface area contributed by atoms with Gasteiger partial charge in [-0.05, 0) is 31.9 Å². The lowest BCUT2D eigenvalue weighted by molar-refractivity contribution is 0.0713. The quantitative estimate of drug-likeness (QED) is 0.834. The second kappa shape index (κ2) is 6.80. The molecule has 0 amide bonds. The summed E-state index contributed by atoms with van der Waals surface area (Å²) in [5, 5.41) is 4.62. The van der Waals surface area contributed by atoms with Crippen molar-refractivity contribution in [2.24, 2.45) is 0 Å². The molecule has 1 fully saturated rings. The van der Waals surface area contributed by atoms with E-state index in [0.717, 1.165) is 12.1 Å². The number of halogens is 2. The van der Waals surface area contributed by atoms with Gasteiger partial charge in [0, 0.05) is 30.3 Å². The standard InChI is InChI=1S/C14H19Cl2NO2/c1-9(18-2)8-19-14-10(7-17-12-3-4-12)5-11(15)6-13(14)16/h5-6,9,12,17H,3-4,7-8H2,1-2H3. The highest BCUT2D eigenvalue weighted by molar-refractivity contribution is 6.35. The van der Waals surface area contributed by atoms with Crippen molar-refractivity contribution in [3.8, 4) is 5.75 Å². The largest absolute Gasteiger partial charge is 0.489 e. The first-order valence-corrected chi connectivity index (χ1v) is 7.22. The van der Waals surface area contributed by atoms with Crippen LogP contribution in [0.15, 0.2) is 12.1 Å². The van der Waals surface area contributed by atoms with Gasteiger partial charge in [-0.1, -0.05) is 23.2 Å². The van der Waals surface area contributed by atoms with Crippen LogP contribution in [0.3, 0.4) is 0 Å². The Kier molecular flexibility index (Phi) is 5.34. The van der Waals surface area contributed by atoms with Crippen LogP contribution < -0.4 is 10.1 Å². The normalized spacial score (nSPS) is 16.4. The second-order valence-electron chi connectivity index (χ2n) is 4.89. The molecule has 1 unspecified atom stereocenters. The molecule has 0 bridgehead atoms. The molecule has 0 aromatic heterocycles. The molecule has 106 valence electrons. The molecular formula is C14H19Cl2NO2. The van der Waals surface area contributed by atoms with Crippen molar-refractivity contribution in [3.63, 3.8) is 0 Å². The lowest BCUT2D eigenvalue weighted by Crippen LogP contribution is -2.19. The van der Waals surface area contributed by atoms with Crippen molar-refractivity contribution in [1.29, 1.82) is 0 Å². The molecule has 2 rings (SSSR count). The van der Waals surface area contributed by atoms with Crippen molar-refractivity contribution in [2.45, 2.75) is 38.5 Å². The van der Waals surface area contributed by atoms with Crippen LogP contribution in [0.4, 0.5) is 0 Å². The smallest absolute Gasteiger partial charge is 0.142 e. The van der Waals surface area contributed by atoms with Gasteiger partial charge in [-0.3, -0.25) is 0 Å². The molecular weight excluding hydrogens is 285 g/mol. The highest BCUT2D eigenvalue weighted by Crippen LogP contribution is 2.33. The third kappa shape index (κ3) is 4.53. The summed E-state index contributed by atoms with van der Waals surface area (Å²) in [7, 11) is 1.66. The average molecular weight is 304 g/mol. The van der Waals surface area contributed by atoms with E-state index in [9.17, 15) is 0 Å². The molecule has 3 nitrogen and oxygen atoms in total. The van der Waals surface area contributed by atoms with E-state index >= 15 is 0 Å². The van der Waals surface area contributed by atoms with Crippen LogP contribution >= 0.6 is 23.2 Å². The van der Waals surface area contributed by atoms with E-state index in [1.807, 2.05) is 13.0 Å². The van der Waals surface area contributed by atoms with Crippen molar-refractivity contribution in [3.05, 3.63) is 27.7 Å². The van der Waals surface area contributed by atoms with Gasteiger partial charge in [-0.2, -0.15) is 0 Å². The van der Waals surface area contributed by atoms with E-state index in [0.29, 0.717) is 28.4 Å². The Morgan fingerprint density at radius 1 is 1.37 bits per heavy atom. The van der Waals surface area contributed by atoms with Gasteiger partial charge in [0.1, 0.15) is 12.4 Å². The molecule has 0 heterocycles. The average Bonchev–Trinajstić information content (AvgIpc) is 3.18. The topological polar surface area (TPSA) is 30.5 Å². The summed E-state index contributed by atoms with van der Waals surface area (Å²) >= 11 is 12.3. The summed E-state index contributed by atoms with van der Waals surface area (Å²) in [5.41, 5.74) is 0.993. The SMILES string of the molecule is COC(C)COc1c(Cl)cc(Cl)cc1CNC1CC1. The van der Waals surface area contributed by atoms with Crippen LogP contribution in [0, 0.1) is 0 Å². The zero-order chi connectivity index (χ0) is 13.8. The molecule has 0 aliphatic heterocycles. The molecule has 1 aromatic carbocycles. The Balaban J connectivity index is 2.08. The molecule has 19 heavy (non-hydrogen) atoms. The summed E-state index contributed by atoms with van der Waals surface area (Å²) in [6.45, 7) is 3.14. The van der Waals surface area contributed by atoms with Gasteiger partial charge in [0.2, 0.25) is 0 Å². The molecule has 1 atom stereocenters. The van der Waals surface area contributed by atoms with Gasteiger partial charge >= 0.3 is 0 Å². The monoisotopic (exact) mass is 303 g/mol. The minimum absolute atomic E-state index is 0.0241. The molecule has 1 aliphatic carbocycles. The fraction of sp³-hybridized carbons (Fsp3) is 0.571. The van der Waals surface area contributed by atoms with Crippen LogP contribution in [0.2, 0.25) is 10.0 Å². The molecule has 0 radical (unpaired) electrons. The van der Waals surface area contributed by atoms with Crippen LogP contribution in [-0.4, -0.2) is 25.9 Å². The van der Waals surface area contributed by atoms with Gasteiger partial charge < -0.3 is 14.8 Å². The maximum Gasteiger partial charge on any atom is 0.142 e. The third-order valence-corrected chi connectivity index (χ3v) is 3.61. The highest BCUT2D eigenvalue weighted by Gasteiger charge is 2.21. The molecule has 1 aliphatic rings. The maximum absolute atomic E-state index is 6.21. The number of rotatable bonds is 7. The Hall–Kier alpha value is -0.480. The van der Waals surface area contributed by atoms with Gasteiger partial charge in [-0.25, -0.2) is 0 Å². The summed E-state index contributed by atoms with van der Waals surface area (Å²) in [4.78, 5) is 0. The Bertz CT molecular complexity index is 436. The summed E-state index contributed by atoms with van der Waals surface area (Å²) in [6.07, 6.45) is 2.51. The number of methoxy groups -OCH3 is 1. The maximum atomic E-state index is 6.21. The lowest BCUT2D eigenvalue weighted by atomic mass is 10.2. The molecule has 5 heteroatoms. The van der Waals surface area contributed by atoms with Gasteiger partial charge in [-0.15, -0.1) is 0 Å². The number of ether oxygens (including phenoxy) is 2. The van der Waals surface area contributed by atoms with E-state index < -0.39 is 0 Å².